The number of nitrogens with zero attached hydrogens (tertiary/aromatic N) is 2. The second kappa shape index (κ2) is 7.00. The Kier molecular flexibility index (Phi) is 4.54. The number of hydrogen-bond donors (Lipinski definition) is 1. The number of carbonyl (C=O) groups is 1. The molecule has 1 heterocycles. The highest BCUT2D eigenvalue weighted by molar-refractivity contribution is 6.31. The van der Waals surface area contributed by atoms with Gasteiger partial charge in [0.05, 0.1) is 22.8 Å². The van der Waals surface area contributed by atoms with E-state index in [1.54, 1.807) is 24.3 Å². The molecular formula is C21H17ClN2O3. The number of halogens is 1. The first-order valence-electron chi connectivity index (χ1n) is 8.74. The normalized spacial score (nSPS) is 14.2. The van der Waals surface area contributed by atoms with Crippen LogP contribution in [0.3, 0.4) is 0 Å². The van der Waals surface area contributed by atoms with Crippen molar-refractivity contribution < 1.29 is 14.6 Å². The van der Waals surface area contributed by atoms with Crippen molar-refractivity contribution in [2.24, 2.45) is 0 Å². The van der Waals surface area contributed by atoms with Crippen LogP contribution in [0.2, 0.25) is 5.02 Å². The standard InChI is InChI=1S/C21H17ClN2O3/c1-2-12-3-5-14(10-15(12)21-18(25)7-8-19(21)26)27-20-11-23-17-9-13(22)4-6-16(17)24-20/h3-6,9-11,25H,2,7-8H2,1H3. The van der Waals surface area contributed by atoms with Gasteiger partial charge in [0, 0.05) is 17.9 Å². The molecular weight excluding hydrogens is 364 g/mol. The van der Waals surface area contributed by atoms with Gasteiger partial charge in [-0.2, -0.15) is 0 Å². The second-order valence-corrected chi connectivity index (χ2v) is 6.80. The highest BCUT2D eigenvalue weighted by Gasteiger charge is 2.26. The Morgan fingerprint density at radius 3 is 2.74 bits per heavy atom. The van der Waals surface area contributed by atoms with Crippen LogP contribution in [0.15, 0.2) is 48.4 Å². The topological polar surface area (TPSA) is 72.3 Å². The predicted molar refractivity (Wildman–Crippen MR) is 104 cm³/mol. The molecule has 136 valence electrons. The Hall–Kier alpha value is -2.92. The number of carbonyl (C=O) groups excluding carboxylic acids is 1. The highest BCUT2D eigenvalue weighted by Crippen LogP contribution is 2.34. The number of fused-ring (bicyclic) bond motifs is 1. The molecule has 0 amide bonds. The molecule has 0 fully saturated rings. The molecule has 1 aliphatic carbocycles. The van der Waals surface area contributed by atoms with Gasteiger partial charge in [0.15, 0.2) is 5.78 Å². The van der Waals surface area contributed by atoms with Crippen molar-refractivity contribution in [2.45, 2.75) is 26.2 Å². The van der Waals surface area contributed by atoms with E-state index in [2.05, 4.69) is 9.97 Å². The van der Waals surface area contributed by atoms with E-state index in [-0.39, 0.29) is 11.5 Å². The van der Waals surface area contributed by atoms with Crippen LogP contribution in [0.1, 0.15) is 30.9 Å². The van der Waals surface area contributed by atoms with E-state index < -0.39 is 0 Å². The van der Waals surface area contributed by atoms with Crippen LogP contribution in [0.25, 0.3) is 16.6 Å². The van der Waals surface area contributed by atoms with Gasteiger partial charge < -0.3 is 9.84 Å². The molecule has 0 bridgehead atoms. The van der Waals surface area contributed by atoms with Crippen molar-refractivity contribution in [3.05, 3.63) is 64.5 Å². The Labute approximate surface area is 161 Å². The number of rotatable bonds is 4. The fourth-order valence-electron chi connectivity index (χ4n) is 3.25. The summed E-state index contributed by atoms with van der Waals surface area (Å²) in [7, 11) is 0. The van der Waals surface area contributed by atoms with Gasteiger partial charge in [-0.3, -0.25) is 4.79 Å². The van der Waals surface area contributed by atoms with Crippen molar-refractivity contribution in [1.29, 1.82) is 0 Å². The minimum absolute atomic E-state index is 0.0401. The molecule has 0 unspecified atom stereocenters. The molecule has 1 aromatic heterocycles. The number of benzene rings is 2. The minimum Gasteiger partial charge on any atom is -0.512 e. The van der Waals surface area contributed by atoms with E-state index in [1.807, 2.05) is 19.1 Å². The Morgan fingerprint density at radius 1 is 1.15 bits per heavy atom. The van der Waals surface area contributed by atoms with Crippen molar-refractivity contribution >= 4 is 34.0 Å². The van der Waals surface area contributed by atoms with Gasteiger partial charge >= 0.3 is 0 Å². The summed E-state index contributed by atoms with van der Waals surface area (Å²) in [5.74, 6) is 0.983. The number of aliphatic hydroxyl groups excluding tert-OH is 1. The molecule has 1 N–H and O–H groups in total. The van der Waals surface area contributed by atoms with Crippen LogP contribution >= 0.6 is 11.6 Å². The molecule has 27 heavy (non-hydrogen) atoms. The lowest BCUT2D eigenvalue weighted by molar-refractivity contribution is -0.113. The molecule has 5 nitrogen and oxygen atoms in total. The summed E-state index contributed by atoms with van der Waals surface area (Å²) < 4.78 is 5.86. The molecule has 0 spiro atoms. The fourth-order valence-corrected chi connectivity index (χ4v) is 3.41. The van der Waals surface area contributed by atoms with Gasteiger partial charge in [0.1, 0.15) is 11.5 Å². The zero-order valence-electron chi connectivity index (χ0n) is 14.7. The Morgan fingerprint density at radius 2 is 2.00 bits per heavy atom. The number of aryl methyl sites for hydroxylation is 1. The molecule has 0 radical (unpaired) electrons. The number of aromatic nitrogens is 2. The van der Waals surface area contributed by atoms with Crippen molar-refractivity contribution in [3.8, 4) is 11.6 Å². The summed E-state index contributed by atoms with van der Waals surface area (Å²) in [6.07, 6.45) is 3.01. The summed E-state index contributed by atoms with van der Waals surface area (Å²) in [6, 6.07) is 10.8. The summed E-state index contributed by atoms with van der Waals surface area (Å²) >= 11 is 5.97. The molecule has 6 heteroatoms. The molecule has 0 saturated carbocycles. The maximum absolute atomic E-state index is 12.2. The summed E-state index contributed by atoms with van der Waals surface area (Å²) in [5.41, 5.74) is 3.46. The quantitative estimate of drug-likeness (QED) is 0.667. The van der Waals surface area contributed by atoms with Crippen LogP contribution in [0, 0.1) is 0 Å². The van der Waals surface area contributed by atoms with Gasteiger partial charge in [0.25, 0.3) is 0 Å². The fraction of sp³-hybridized carbons (Fsp3) is 0.190. The lowest BCUT2D eigenvalue weighted by Crippen LogP contribution is -2.01. The zero-order valence-corrected chi connectivity index (χ0v) is 15.5. The van der Waals surface area contributed by atoms with Gasteiger partial charge in [-0.05, 0) is 47.9 Å². The van der Waals surface area contributed by atoms with E-state index >= 15 is 0 Å². The highest BCUT2D eigenvalue weighted by atomic mass is 35.5. The zero-order chi connectivity index (χ0) is 19.0. The molecule has 0 saturated heterocycles. The third kappa shape index (κ3) is 3.38. The maximum Gasteiger partial charge on any atom is 0.238 e. The first-order chi connectivity index (χ1) is 13.0. The van der Waals surface area contributed by atoms with Gasteiger partial charge in [0.2, 0.25) is 5.88 Å². The summed E-state index contributed by atoms with van der Waals surface area (Å²) in [4.78, 5) is 21.0. The number of aliphatic hydroxyl groups is 1. The lowest BCUT2D eigenvalue weighted by Gasteiger charge is -2.12. The smallest absolute Gasteiger partial charge is 0.238 e. The molecule has 1 aliphatic rings. The van der Waals surface area contributed by atoms with Crippen LogP contribution in [-0.2, 0) is 11.2 Å². The minimum atomic E-state index is -0.0401. The number of ketones is 1. The van der Waals surface area contributed by atoms with Gasteiger partial charge in [-0.15, -0.1) is 0 Å². The van der Waals surface area contributed by atoms with Gasteiger partial charge in [-0.25, -0.2) is 9.97 Å². The Bertz CT molecular complexity index is 1090. The molecule has 0 aliphatic heterocycles. The number of allylic oxidation sites excluding steroid dienone is 2. The van der Waals surface area contributed by atoms with Crippen LogP contribution in [-0.4, -0.2) is 20.9 Å². The third-order valence-electron chi connectivity index (χ3n) is 4.59. The monoisotopic (exact) mass is 380 g/mol. The number of hydrogen-bond acceptors (Lipinski definition) is 5. The predicted octanol–water partition coefficient (Wildman–Crippen LogP) is 5.27. The summed E-state index contributed by atoms with van der Waals surface area (Å²) in [6.45, 7) is 2.01. The van der Waals surface area contributed by atoms with E-state index in [9.17, 15) is 9.90 Å². The molecule has 3 aromatic rings. The average molecular weight is 381 g/mol. The Balaban J connectivity index is 1.71. The van der Waals surface area contributed by atoms with E-state index in [1.165, 1.54) is 6.20 Å². The van der Waals surface area contributed by atoms with Crippen molar-refractivity contribution in [3.63, 3.8) is 0 Å². The molecule has 2 aromatic carbocycles. The first-order valence-corrected chi connectivity index (χ1v) is 9.11. The number of ether oxygens (including phenoxy) is 1. The van der Waals surface area contributed by atoms with Crippen LogP contribution in [0.4, 0.5) is 0 Å². The molecule has 4 rings (SSSR count). The van der Waals surface area contributed by atoms with Gasteiger partial charge in [-0.1, -0.05) is 24.6 Å². The third-order valence-corrected chi connectivity index (χ3v) is 4.83. The van der Waals surface area contributed by atoms with E-state index in [0.29, 0.717) is 46.1 Å². The van der Waals surface area contributed by atoms with Crippen LogP contribution in [0.5, 0.6) is 11.6 Å². The lowest BCUT2D eigenvalue weighted by atomic mass is 9.96. The van der Waals surface area contributed by atoms with E-state index in [0.717, 1.165) is 17.5 Å². The maximum atomic E-state index is 12.2. The van der Waals surface area contributed by atoms with Crippen LogP contribution < -0.4 is 4.74 Å². The van der Waals surface area contributed by atoms with Crippen molar-refractivity contribution in [2.75, 3.05) is 0 Å². The number of Topliss-reactive ketones (excluding diaryl/α,β-unsaturated/α-hetero) is 1. The first kappa shape index (κ1) is 17.5. The second-order valence-electron chi connectivity index (χ2n) is 6.36. The SMILES string of the molecule is CCc1ccc(Oc2cnc3cc(Cl)ccc3n2)cc1C1=C(O)CCC1=O. The largest absolute Gasteiger partial charge is 0.512 e. The van der Waals surface area contributed by atoms with Crippen molar-refractivity contribution in [1.82, 2.24) is 9.97 Å². The average Bonchev–Trinajstić information content (AvgIpc) is 3.00. The van der Waals surface area contributed by atoms with E-state index in [4.69, 9.17) is 16.3 Å². The molecule has 0 atom stereocenters. The summed E-state index contributed by atoms with van der Waals surface area (Å²) in [5, 5.41) is 10.7.